The Labute approximate surface area is 131 Å². The van der Waals surface area contributed by atoms with Crippen LogP contribution in [0.15, 0.2) is 48.5 Å². The zero-order valence-corrected chi connectivity index (χ0v) is 13.1. The molecule has 0 aliphatic carbocycles. The van der Waals surface area contributed by atoms with Gasteiger partial charge >= 0.3 is 0 Å². The smallest absolute Gasteiger partial charge is 0.119 e. The van der Waals surface area contributed by atoms with Gasteiger partial charge in [-0.05, 0) is 42.2 Å². The van der Waals surface area contributed by atoms with Gasteiger partial charge in [0.2, 0.25) is 0 Å². The van der Waals surface area contributed by atoms with Crippen molar-refractivity contribution in [2.75, 3.05) is 6.61 Å². The second-order valence-corrected chi connectivity index (χ2v) is 5.58. The molecule has 0 heterocycles. The molecule has 0 bridgehead atoms. The quantitative estimate of drug-likeness (QED) is 0.748. The van der Waals surface area contributed by atoms with Crippen LogP contribution in [0, 0.1) is 0 Å². The highest BCUT2D eigenvalue weighted by molar-refractivity contribution is 6.31. The molecule has 1 atom stereocenters. The van der Waals surface area contributed by atoms with Crippen molar-refractivity contribution in [3.8, 4) is 5.75 Å². The van der Waals surface area contributed by atoms with Gasteiger partial charge in [0, 0.05) is 11.1 Å². The van der Waals surface area contributed by atoms with Crippen LogP contribution >= 0.6 is 11.6 Å². The second-order valence-electron chi connectivity index (χ2n) is 5.17. The van der Waals surface area contributed by atoms with Crippen molar-refractivity contribution in [2.24, 2.45) is 5.73 Å². The fraction of sp³-hybridized carbons (Fsp3) is 0.333. The number of halogens is 1. The number of unbranched alkanes of at least 4 members (excludes halogenated alkanes) is 1. The third-order valence-electron chi connectivity index (χ3n) is 3.47. The van der Waals surface area contributed by atoms with Gasteiger partial charge in [0.05, 0.1) is 6.61 Å². The molecular formula is C18H22ClNO. The number of nitrogens with two attached hydrogens (primary N) is 1. The van der Waals surface area contributed by atoms with Crippen molar-refractivity contribution in [2.45, 2.75) is 32.2 Å². The van der Waals surface area contributed by atoms with E-state index in [2.05, 4.69) is 6.92 Å². The molecule has 0 fully saturated rings. The zero-order valence-electron chi connectivity index (χ0n) is 12.4. The highest BCUT2D eigenvalue weighted by Gasteiger charge is 2.09. The molecule has 21 heavy (non-hydrogen) atoms. The highest BCUT2D eigenvalue weighted by Crippen LogP contribution is 2.23. The van der Waals surface area contributed by atoms with Crippen LogP contribution < -0.4 is 10.5 Å². The van der Waals surface area contributed by atoms with Gasteiger partial charge in [0.15, 0.2) is 0 Å². The van der Waals surface area contributed by atoms with Crippen molar-refractivity contribution in [1.82, 2.24) is 0 Å². The highest BCUT2D eigenvalue weighted by atomic mass is 35.5. The first kappa shape index (κ1) is 15.9. The van der Waals surface area contributed by atoms with E-state index in [0.29, 0.717) is 0 Å². The minimum absolute atomic E-state index is 0.0606. The van der Waals surface area contributed by atoms with Crippen LogP contribution in [0.3, 0.4) is 0 Å². The Hall–Kier alpha value is -1.51. The minimum atomic E-state index is -0.0606. The Kier molecular flexibility index (Phi) is 6.09. The average Bonchev–Trinajstić information content (AvgIpc) is 2.50. The number of ether oxygens (including phenoxy) is 1. The van der Waals surface area contributed by atoms with E-state index in [1.807, 2.05) is 48.5 Å². The van der Waals surface area contributed by atoms with Gasteiger partial charge in [-0.3, -0.25) is 0 Å². The topological polar surface area (TPSA) is 35.2 Å². The van der Waals surface area contributed by atoms with E-state index < -0.39 is 0 Å². The standard InChI is InChI=1S/C18H22ClNO/c1-2-3-12-21-16-10-8-14(9-11-16)18(20)13-15-6-4-5-7-17(15)19/h4-11,18H,2-3,12-13,20H2,1H3. The van der Waals surface area contributed by atoms with Crippen LogP contribution in [0.1, 0.15) is 36.9 Å². The first-order valence-corrected chi connectivity index (χ1v) is 7.80. The molecule has 2 nitrogen and oxygen atoms in total. The normalized spacial score (nSPS) is 12.1. The molecule has 0 radical (unpaired) electrons. The second kappa shape index (κ2) is 8.06. The third kappa shape index (κ3) is 4.76. The van der Waals surface area contributed by atoms with E-state index in [1.54, 1.807) is 0 Å². The van der Waals surface area contributed by atoms with E-state index in [-0.39, 0.29) is 6.04 Å². The van der Waals surface area contributed by atoms with Gasteiger partial charge in [-0.1, -0.05) is 55.3 Å². The van der Waals surface area contributed by atoms with E-state index in [1.165, 1.54) is 0 Å². The molecule has 2 aromatic carbocycles. The van der Waals surface area contributed by atoms with Crippen molar-refractivity contribution in [1.29, 1.82) is 0 Å². The fourth-order valence-corrected chi connectivity index (χ4v) is 2.38. The Morgan fingerprint density at radius 1 is 1.10 bits per heavy atom. The summed E-state index contributed by atoms with van der Waals surface area (Å²) in [6, 6.07) is 15.8. The van der Waals surface area contributed by atoms with Crippen LogP contribution in [0.4, 0.5) is 0 Å². The van der Waals surface area contributed by atoms with E-state index in [9.17, 15) is 0 Å². The molecule has 2 aromatic rings. The maximum Gasteiger partial charge on any atom is 0.119 e. The van der Waals surface area contributed by atoms with Crippen molar-refractivity contribution >= 4 is 11.6 Å². The molecule has 2 N–H and O–H groups in total. The Bertz CT molecular complexity index is 553. The van der Waals surface area contributed by atoms with Crippen LogP contribution in [0.5, 0.6) is 5.75 Å². The molecule has 0 amide bonds. The molecule has 0 spiro atoms. The predicted octanol–water partition coefficient (Wildman–Crippen LogP) is 4.76. The summed E-state index contributed by atoms with van der Waals surface area (Å²) >= 11 is 6.18. The third-order valence-corrected chi connectivity index (χ3v) is 3.84. The van der Waals surface area contributed by atoms with Gasteiger partial charge < -0.3 is 10.5 Å². The van der Waals surface area contributed by atoms with Gasteiger partial charge in [0.1, 0.15) is 5.75 Å². The summed E-state index contributed by atoms with van der Waals surface area (Å²) in [4.78, 5) is 0. The first-order valence-electron chi connectivity index (χ1n) is 7.42. The number of hydrogen-bond acceptors (Lipinski definition) is 2. The van der Waals surface area contributed by atoms with E-state index in [4.69, 9.17) is 22.1 Å². The van der Waals surface area contributed by atoms with E-state index >= 15 is 0 Å². The summed E-state index contributed by atoms with van der Waals surface area (Å²) in [5, 5.41) is 0.771. The van der Waals surface area contributed by atoms with Crippen LogP contribution in [0.2, 0.25) is 5.02 Å². The largest absolute Gasteiger partial charge is 0.494 e. The monoisotopic (exact) mass is 303 g/mol. The average molecular weight is 304 g/mol. The Balaban J connectivity index is 1.96. The molecule has 0 saturated heterocycles. The van der Waals surface area contributed by atoms with Gasteiger partial charge in [0.25, 0.3) is 0 Å². The molecule has 2 rings (SSSR count). The number of hydrogen-bond donors (Lipinski definition) is 1. The van der Waals surface area contributed by atoms with Crippen LogP contribution in [-0.2, 0) is 6.42 Å². The molecule has 0 saturated carbocycles. The summed E-state index contributed by atoms with van der Waals surface area (Å²) < 4.78 is 5.66. The lowest BCUT2D eigenvalue weighted by molar-refractivity contribution is 0.309. The lowest BCUT2D eigenvalue weighted by Crippen LogP contribution is -2.13. The van der Waals surface area contributed by atoms with E-state index in [0.717, 1.165) is 47.8 Å². The van der Waals surface area contributed by atoms with Crippen molar-refractivity contribution in [3.05, 3.63) is 64.7 Å². The summed E-state index contributed by atoms with van der Waals surface area (Å²) in [6.45, 7) is 2.92. The van der Waals surface area contributed by atoms with Crippen molar-refractivity contribution in [3.63, 3.8) is 0 Å². The van der Waals surface area contributed by atoms with Gasteiger partial charge in [-0.25, -0.2) is 0 Å². The lowest BCUT2D eigenvalue weighted by Gasteiger charge is -2.14. The molecule has 0 aromatic heterocycles. The number of rotatable bonds is 7. The van der Waals surface area contributed by atoms with Crippen LogP contribution in [0.25, 0.3) is 0 Å². The van der Waals surface area contributed by atoms with Gasteiger partial charge in [-0.15, -0.1) is 0 Å². The Morgan fingerprint density at radius 3 is 2.48 bits per heavy atom. The zero-order chi connectivity index (χ0) is 15.1. The molecule has 0 aliphatic rings. The molecule has 1 unspecified atom stereocenters. The molecule has 0 aliphatic heterocycles. The van der Waals surface area contributed by atoms with Crippen molar-refractivity contribution < 1.29 is 4.74 Å². The summed E-state index contributed by atoms with van der Waals surface area (Å²) in [5.41, 5.74) is 8.44. The molecular weight excluding hydrogens is 282 g/mol. The maximum atomic E-state index is 6.27. The lowest BCUT2D eigenvalue weighted by atomic mass is 9.99. The molecule has 112 valence electrons. The summed E-state index contributed by atoms with van der Waals surface area (Å²) in [5.74, 6) is 0.900. The first-order chi connectivity index (χ1) is 10.2. The summed E-state index contributed by atoms with van der Waals surface area (Å²) in [7, 11) is 0. The summed E-state index contributed by atoms with van der Waals surface area (Å²) in [6.07, 6.45) is 2.95. The van der Waals surface area contributed by atoms with Crippen LogP contribution in [-0.4, -0.2) is 6.61 Å². The fourth-order valence-electron chi connectivity index (χ4n) is 2.16. The molecule has 3 heteroatoms. The Morgan fingerprint density at radius 2 is 1.81 bits per heavy atom. The SMILES string of the molecule is CCCCOc1ccc(C(N)Cc2ccccc2Cl)cc1. The maximum absolute atomic E-state index is 6.27. The number of benzene rings is 2. The predicted molar refractivity (Wildman–Crippen MR) is 88.9 cm³/mol. The minimum Gasteiger partial charge on any atom is -0.494 e. The van der Waals surface area contributed by atoms with Gasteiger partial charge in [-0.2, -0.15) is 0 Å².